The molecule has 0 aliphatic carbocycles. The summed E-state index contributed by atoms with van der Waals surface area (Å²) in [4.78, 5) is 19.4. The van der Waals surface area contributed by atoms with Crippen LogP contribution < -0.4 is 5.32 Å². The fourth-order valence-corrected chi connectivity index (χ4v) is 2.10. The highest BCUT2D eigenvalue weighted by Crippen LogP contribution is 2.16. The summed E-state index contributed by atoms with van der Waals surface area (Å²) in [6.07, 6.45) is 3.25. The van der Waals surface area contributed by atoms with Crippen molar-refractivity contribution in [2.24, 2.45) is 0 Å². The molecular formula is C13H9N7O. The summed E-state index contributed by atoms with van der Waals surface area (Å²) in [6, 6.07) is 8.76. The van der Waals surface area contributed by atoms with Crippen molar-refractivity contribution in [3.63, 3.8) is 0 Å². The number of hydrogen-bond acceptors (Lipinski definition) is 5. The van der Waals surface area contributed by atoms with Crippen LogP contribution in [-0.4, -0.2) is 35.9 Å². The molecule has 1 aromatic carbocycles. The lowest BCUT2D eigenvalue weighted by Gasteiger charge is -2.05. The minimum Gasteiger partial charge on any atom is -0.345 e. The summed E-state index contributed by atoms with van der Waals surface area (Å²) in [6.45, 7) is 0. The number of nitrogens with zero attached hydrogens (tertiary/aromatic N) is 5. The fraction of sp³-hybridized carbons (Fsp3) is 0. The van der Waals surface area contributed by atoms with E-state index in [1.165, 1.54) is 4.52 Å². The molecule has 3 aromatic heterocycles. The Balaban J connectivity index is 1.64. The monoisotopic (exact) mass is 279 g/mol. The van der Waals surface area contributed by atoms with Crippen molar-refractivity contribution in [2.75, 3.05) is 5.32 Å². The Hall–Kier alpha value is -3.29. The molecular weight excluding hydrogens is 270 g/mol. The lowest BCUT2D eigenvalue weighted by Crippen LogP contribution is -2.12. The van der Waals surface area contributed by atoms with Gasteiger partial charge in [0.05, 0.1) is 17.4 Å². The van der Waals surface area contributed by atoms with Gasteiger partial charge in [-0.05, 0) is 40.8 Å². The van der Waals surface area contributed by atoms with Crippen LogP contribution in [0.15, 0.2) is 42.9 Å². The minimum atomic E-state index is -0.223. The maximum absolute atomic E-state index is 12.2. The molecule has 4 rings (SSSR count). The molecule has 21 heavy (non-hydrogen) atoms. The van der Waals surface area contributed by atoms with Gasteiger partial charge in [0.25, 0.3) is 5.91 Å². The van der Waals surface area contributed by atoms with Crippen LogP contribution in [0.2, 0.25) is 0 Å². The van der Waals surface area contributed by atoms with Gasteiger partial charge in [0.15, 0.2) is 5.65 Å². The van der Waals surface area contributed by atoms with Crippen molar-refractivity contribution in [1.82, 2.24) is 30.0 Å². The second-order valence-electron chi connectivity index (χ2n) is 4.49. The number of H-pyrrole nitrogens is 1. The molecule has 8 nitrogen and oxygen atoms in total. The van der Waals surface area contributed by atoms with Gasteiger partial charge in [-0.1, -0.05) is 0 Å². The Morgan fingerprint density at radius 2 is 2.19 bits per heavy atom. The number of rotatable bonds is 2. The second kappa shape index (κ2) is 4.37. The quantitative estimate of drug-likeness (QED) is 0.575. The smallest absolute Gasteiger partial charge is 0.255 e. The van der Waals surface area contributed by atoms with E-state index in [2.05, 4.69) is 30.8 Å². The van der Waals surface area contributed by atoms with E-state index in [9.17, 15) is 4.79 Å². The Morgan fingerprint density at radius 1 is 1.24 bits per heavy atom. The highest BCUT2D eigenvalue weighted by atomic mass is 16.1. The van der Waals surface area contributed by atoms with Crippen molar-refractivity contribution < 1.29 is 4.79 Å². The van der Waals surface area contributed by atoms with Crippen LogP contribution >= 0.6 is 0 Å². The van der Waals surface area contributed by atoms with Crippen LogP contribution in [0.5, 0.6) is 0 Å². The van der Waals surface area contributed by atoms with Crippen LogP contribution in [-0.2, 0) is 0 Å². The number of imidazole rings is 1. The number of hydrogen-bond donors (Lipinski definition) is 2. The third-order valence-corrected chi connectivity index (χ3v) is 3.14. The van der Waals surface area contributed by atoms with Crippen LogP contribution in [0.1, 0.15) is 10.4 Å². The first kappa shape index (κ1) is 11.5. The molecule has 0 saturated carbocycles. The molecule has 0 aliphatic heterocycles. The minimum absolute atomic E-state index is 0.223. The predicted molar refractivity (Wildman–Crippen MR) is 74.8 cm³/mol. The van der Waals surface area contributed by atoms with E-state index in [0.29, 0.717) is 16.9 Å². The molecule has 0 aliphatic rings. The molecule has 0 bridgehead atoms. The van der Waals surface area contributed by atoms with E-state index in [1.807, 2.05) is 12.1 Å². The zero-order valence-electron chi connectivity index (χ0n) is 10.7. The topological polar surface area (TPSA) is 101 Å². The van der Waals surface area contributed by atoms with E-state index in [-0.39, 0.29) is 5.91 Å². The Morgan fingerprint density at radius 3 is 3.14 bits per heavy atom. The van der Waals surface area contributed by atoms with E-state index in [1.54, 1.807) is 30.7 Å². The lowest BCUT2D eigenvalue weighted by molar-refractivity contribution is 0.102. The van der Waals surface area contributed by atoms with Crippen molar-refractivity contribution in [3.05, 3.63) is 48.4 Å². The molecule has 0 spiro atoms. The summed E-state index contributed by atoms with van der Waals surface area (Å²) in [5.41, 5.74) is 3.42. The van der Waals surface area contributed by atoms with E-state index >= 15 is 0 Å². The van der Waals surface area contributed by atoms with Gasteiger partial charge in [0.2, 0.25) is 0 Å². The molecule has 0 radical (unpaired) electrons. The van der Waals surface area contributed by atoms with Crippen molar-refractivity contribution in [3.8, 4) is 0 Å². The maximum Gasteiger partial charge on any atom is 0.255 e. The van der Waals surface area contributed by atoms with Crippen molar-refractivity contribution in [1.29, 1.82) is 0 Å². The summed E-state index contributed by atoms with van der Waals surface area (Å²) >= 11 is 0. The molecule has 4 aromatic rings. The number of pyridine rings is 1. The SMILES string of the molecule is O=C(Nc1ccc2nc[nH]c2c1)c1ccn2nnnc2c1. The van der Waals surface area contributed by atoms with Gasteiger partial charge in [-0.3, -0.25) is 4.79 Å². The third kappa shape index (κ3) is 1.98. The third-order valence-electron chi connectivity index (χ3n) is 3.14. The molecule has 1 amide bonds. The van der Waals surface area contributed by atoms with Crippen molar-refractivity contribution >= 4 is 28.3 Å². The Bertz CT molecular complexity index is 955. The number of benzene rings is 1. The molecule has 3 heterocycles. The second-order valence-corrected chi connectivity index (χ2v) is 4.49. The van der Waals surface area contributed by atoms with Gasteiger partial charge in [0, 0.05) is 17.4 Å². The van der Waals surface area contributed by atoms with Crippen LogP contribution in [0.4, 0.5) is 5.69 Å². The van der Waals surface area contributed by atoms with Crippen LogP contribution in [0.3, 0.4) is 0 Å². The number of fused-ring (bicyclic) bond motifs is 2. The number of aromatic amines is 1. The number of nitrogens with one attached hydrogen (secondary N) is 2. The Labute approximate surface area is 117 Å². The highest BCUT2D eigenvalue weighted by molar-refractivity contribution is 6.05. The number of aromatic nitrogens is 6. The molecule has 0 atom stereocenters. The van der Waals surface area contributed by atoms with Crippen LogP contribution in [0, 0.1) is 0 Å². The summed E-state index contributed by atoms with van der Waals surface area (Å²) in [7, 11) is 0. The molecule has 0 saturated heterocycles. The van der Waals surface area contributed by atoms with Gasteiger partial charge in [-0.15, -0.1) is 5.10 Å². The summed E-state index contributed by atoms with van der Waals surface area (Å²) < 4.78 is 1.49. The molecule has 2 N–H and O–H groups in total. The van der Waals surface area contributed by atoms with Gasteiger partial charge >= 0.3 is 0 Å². The molecule has 0 fully saturated rings. The number of amides is 1. The molecule has 102 valence electrons. The fourth-order valence-electron chi connectivity index (χ4n) is 2.10. The van der Waals surface area contributed by atoms with Gasteiger partial charge in [0.1, 0.15) is 0 Å². The number of carbonyl (C=O) groups is 1. The first-order valence-corrected chi connectivity index (χ1v) is 6.22. The zero-order chi connectivity index (χ0) is 14.2. The average molecular weight is 279 g/mol. The first-order chi connectivity index (χ1) is 10.3. The molecule has 0 unspecified atom stereocenters. The standard InChI is InChI=1S/C13H9N7O/c21-13(8-3-4-20-12(5-8)17-18-19-20)16-9-1-2-10-11(6-9)15-7-14-10/h1-7H,(H,14,15)(H,16,21). The van der Waals surface area contributed by atoms with E-state index in [4.69, 9.17) is 0 Å². The number of carbonyl (C=O) groups excluding carboxylic acids is 1. The largest absolute Gasteiger partial charge is 0.345 e. The number of tetrazole rings is 1. The average Bonchev–Trinajstić information content (AvgIpc) is 3.14. The Kier molecular flexibility index (Phi) is 2.40. The van der Waals surface area contributed by atoms with E-state index in [0.717, 1.165) is 11.0 Å². The normalized spacial score (nSPS) is 11.0. The molecule has 8 heteroatoms. The van der Waals surface area contributed by atoms with Crippen LogP contribution in [0.25, 0.3) is 16.7 Å². The van der Waals surface area contributed by atoms with Gasteiger partial charge in [-0.25, -0.2) is 9.50 Å². The van der Waals surface area contributed by atoms with Crippen molar-refractivity contribution in [2.45, 2.75) is 0 Å². The first-order valence-electron chi connectivity index (χ1n) is 6.22. The zero-order valence-corrected chi connectivity index (χ0v) is 10.7. The van der Waals surface area contributed by atoms with Gasteiger partial charge in [-0.2, -0.15) is 0 Å². The maximum atomic E-state index is 12.2. The van der Waals surface area contributed by atoms with E-state index < -0.39 is 0 Å². The summed E-state index contributed by atoms with van der Waals surface area (Å²) in [5, 5.41) is 13.9. The predicted octanol–water partition coefficient (Wildman–Crippen LogP) is 1.25. The summed E-state index contributed by atoms with van der Waals surface area (Å²) in [5.74, 6) is -0.223. The van der Waals surface area contributed by atoms with Gasteiger partial charge < -0.3 is 10.3 Å². The highest BCUT2D eigenvalue weighted by Gasteiger charge is 2.09. The lowest BCUT2D eigenvalue weighted by atomic mass is 10.2. The number of anilines is 1.